The first-order chi connectivity index (χ1) is 17.8. The summed E-state index contributed by atoms with van der Waals surface area (Å²) in [6, 6.07) is 6.42. The predicted octanol–water partition coefficient (Wildman–Crippen LogP) is 2.03. The van der Waals surface area contributed by atoms with E-state index in [9.17, 15) is 24.4 Å². The number of carboxylic acid groups (broad SMARTS) is 1. The molecule has 1 aromatic carbocycles. The van der Waals surface area contributed by atoms with Crippen molar-refractivity contribution in [1.82, 2.24) is 9.55 Å². The second-order valence-corrected chi connectivity index (χ2v) is 10.2. The number of aromatic nitrogens is 2. The zero-order valence-electron chi connectivity index (χ0n) is 21.1. The lowest BCUT2D eigenvalue weighted by Gasteiger charge is -2.19. The standard InChI is InChI=1S/C23H29N4O10P/c1-13(20(29)30)26-38(33)37-16-8-6-5-7-15(16)34-12-17-14(28)11-19(35-17)27-10-9-18(24-21(27)31)25-22(32)36-23(2,3)4/h5-10,13-14,17,19,28H,11-12H2,1-4H3,(H,29,30)(H,24,25,31,32)/t13?,14-,17+,19+/m0/s1. The minimum Gasteiger partial charge on any atom is -0.575 e. The number of carboxylic acids is 1. The van der Waals surface area contributed by atoms with Gasteiger partial charge in [-0.1, -0.05) is 16.9 Å². The molecule has 0 saturated carbocycles. The Morgan fingerprint density at radius 1 is 1.32 bits per heavy atom. The van der Waals surface area contributed by atoms with Crippen LogP contribution in [0.15, 0.2) is 46.1 Å². The predicted molar refractivity (Wildman–Crippen MR) is 132 cm³/mol. The summed E-state index contributed by atoms with van der Waals surface area (Å²) >= 11 is 0. The van der Waals surface area contributed by atoms with Crippen molar-refractivity contribution in [3.63, 3.8) is 0 Å². The monoisotopic (exact) mass is 552 g/mol. The number of para-hydroxylation sites is 2. The number of rotatable bonds is 9. The number of benzene rings is 1. The molecule has 3 N–H and O–H groups in total. The summed E-state index contributed by atoms with van der Waals surface area (Å²) in [7, 11) is -2.68. The molecule has 0 bridgehead atoms. The van der Waals surface area contributed by atoms with E-state index in [1.807, 2.05) is 0 Å². The van der Waals surface area contributed by atoms with E-state index in [2.05, 4.69) is 15.0 Å². The molecular weight excluding hydrogens is 523 g/mol. The summed E-state index contributed by atoms with van der Waals surface area (Å²) in [4.78, 5) is 51.2. The fourth-order valence-electron chi connectivity index (χ4n) is 3.26. The molecule has 1 aliphatic heterocycles. The first-order valence-electron chi connectivity index (χ1n) is 11.6. The molecule has 0 spiro atoms. The van der Waals surface area contributed by atoms with Gasteiger partial charge in [0.05, 0.1) is 6.10 Å². The molecule has 0 aliphatic carbocycles. The number of aliphatic hydroxyl groups excluding tert-OH is 1. The topological polar surface area (TPSA) is 194 Å². The van der Waals surface area contributed by atoms with Gasteiger partial charge in [-0.15, -0.1) is 0 Å². The highest BCUT2D eigenvalue weighted by molar-refractivity contribution is 7.34. The number of carbonyl (C=O) groups is 2. The van der Waals surface area contributed by atoms with Crippen LogP contribution in [0.5, 0.6) is 11.5 Å². The number of hydrogen-bond acceptors (Lipinski definition) is 11. The van der Waals surface area contributed by atoms with Gasteiger partial charge in [0.25, 0.3) is 0 Å². The van der Waals surface area contributed by atoms with Crippen molar-refractivity contribution in [3.8, 4) is 11.5 Å². The molecule has 1 aliphatic rings. The molecule has 0 radical (unpaired) electrons. The molecule has 5 atom stereocenters. The van der Waals surface area contributed by atoms with Crippen LogP contribution in [0, 0.1) is 0 Å². The van der Waals surface area contributed by atoms with Crippen molar-refractivity contribution in [3.05, 3.63) is 47.0 Å². The van der Waals surface area contributed by atoms with E-state index in [1.54, 1.807) is 32.9 Å². The zero-order valence-corrected chi connectivity index (χ0v) is 22.0. The Bertz CT molecular complexity index is 1250. The van der Waals surface area contributed by atoms with E-state index < -0.39 is 56.0 Å². The van der Waals surface area contributed by atoms with Gasteiger partial charge in [-0.25, -0.2) is 14.4 Å². The van der Waals surface area contributed by atoms with Crippen molar-refractivity contribution < 1.29 is 43.4 Å². The number of aliphatic hydroxyl groups is 1. The largest absolute Gasteiger partial charge is 0.575 e. The number of aliphatic carboxylic acids is 1. The maximum Gasteiger partial charge on any atom is 0.413 e. The lowest BCUT2D eigenvalue weighted by Crippen LogP contribution is -2.31. The number of nitrogens with one attached hydrogen (secondary N) is 1. The maximum absolute atomic E-state index is 12.5. The first kappa shape index (κ1) is 29.0. The summed E-state index contributed by atoms with van der Waals surface area (Å²) in [5.74, 6) is -1.01. The van der Waals surface area contributed by atoms with Crippen LogP contribution in [-0.4, -0.2) is 62.3 Å². The van der Waals surface area contributed by atoms with E-state index >= 15 is 0 Å². The summed E-state index contributed by atoms with van der Waals surface area (Å²) in [6.07, 6.45) is -1.96. The third-order valence-electron chi connectivity index (χ3n) is 5.03. The quantitative estimate of drug-likeness (QED) is 0.385. The van der Waals surface area contributed by atoms with Crippen molar-refractivity contribution in [2.75, 3.05) is 11.9 Å². The lowest BCUT2D eigenvalue weighted by molar-refractivity contribution is -0.169. The van der Waals surface area contributed by atoms with Gasteiger partial charge >= 0.3 is 25.9 Å². The van der Waals surface area contributed by atoms with Gasteiger partial charge in [0.2, 0.25) is 5.75 Å². The van der Waals surface area contributed by atoms with Gasteiger partial charge in [0.15, 0.2) is 11.8 Å². The molecule has 2 heterocycles. The van der Waals surface area contributed by atoms with Crippen LogP contribution in [0.1, 0.15) is 40.3 Å². The Balaban J connectivity index is 1.62. The van der Waals surface area contributed by atoms with Gasteiger partial charge in [-0.05, 0) is 45.9 Å². The van der Waals surface area contributed by atoms with Crippen LogP contribution in [0.25, 0.3) is 0 Å². The van der Waals surface area contributed by atoms with E-state index in [1.165, 1.54) is 35.9 Å². The minimum atomic E-state index is -2.68. The van der Waals surface area contributed by atoms with Gasteiger partial charge in [0.1, 0.15) is 30.4 Å². The van der Waals surface area contributed by atoms with Crippen LogP contribution < -0.4 is 25.2 Å². The SMILES string of the molecule is CC(N=[P+]([O-])Oc1ccccc1OC[C@H]1O[C@@H](n2ccc(NC(=O)OC(C)(C)C)nc2=O)C[C@@H]1O)C(=O)O. The summed E-state index contributed by atoms with van der Waals surface area (Å²) in [5.41, 5.74) is -1.43. The number of hydrogen-bond donors (Lipinski definition) is 3. The number of anilines is 1. The van der Waals surface area contributed by atoms with Crippen molar-refractivity contribution in [2.24, 2.45) is 4.74 Å². The highest BCUT2D eigenvalue weighted by Gasteiger charge is 2.36. The molecule has 1 amide bonds. The normalized spacial score (nSPS) is 20.5. The molecule has 15 heteroatoms. The second-order valence-electron chi connectivity index (χ2n) is 9.28. The third kappa shape index (κ3) is 8.21. The maximum atomic E-state index is 12.5. The average molecular weight is 552 g/mol. The van der Waals surface area contributed by atoms with E-state index in [-0.39, 0.29) is 30.3 Å². The zero-order chi connectivity index (χ0) is 28.0. The highest BCUT2D eigenvalue weighted by atomic mass is 31.1. The molecule has 206 valence electrons. The molecule has 1 saturated heterocycles. The fraction of sp³-hybridized carbons (Fsp3) is 0.478. The average Bonchev–Trinajstić information content (AvgIpc) is 3.17. The molecule has 2 unspecified atom stereocenters. The molecule has 2 aromatic rings. The summed E-state index contributed by atoms with van der Waals surface area (Å²) in [6.45, 7) is 6.23. The van der Waals surface area contributed by atoms with Gasteiger partial charge in [0, 0.05) is 12.6 Å². The fourth-order valence-corrected chi connectivity index (χ4v) is 4.01. The van der Waals surface area contributed by atoms with Crippen LogP contribution >= 0.6 is 8.17 Å². The van der Waals surface area contributed by atoms with Gasteiger partial charge in [-0.3, -0.25) is 14.4 Å². The molecule has 1 fully saturated rings. The van der Waals surface area contributed by atoms with E-state index in [4.69, 9.17) is 23.8 Å². The summed E-state index contributed by atoms with van der Waals surface area (Å²) in [5, 5.41) is 21.8. The molecule has 14 nitrogen and oxygen atoms in total. The third-order valence-corrected chi connectivity index (χ3v) is 5.91. The van der Waals surface area contributed by atoms with Crippen molar-refractivity contribution in [2.45, 2.75) is 64.2 Å². The number of nitrogens with zero attached hydrogens (tertiary/aromatic N) is 3. The first-order valence-corrected chi connectivity index (χ1v) is 12.7. The molecule has 1 aromatic heterocycles. The summed E-state index contributed by atoms with van der Waals surface area (Å²) < 4.78 is 26.6. The van der Waals surface area contributed by atoms with Crippen LogP contribution in [0.2, 0.25) is 0 Å². The Morgan fingerprint density at radius 3 is 2.63 bits per heavy atom. The van der Waals surface area contributed by atoms with Crippen LogP contribution in [-0.2, 0) is 14.3 Å². The van der Waals surface area contributed by atoms with E-state index in [0.29, 0.717) is 0 Å². The number of carbonyl (C=O) groups excluding carboxylic acids is 1. The highest BCUT2D eigenvalue weighted by Crippen LogP contribution is 2.34. The van der Waals surface area contributed by atoms with Crippen LogP contribution in [0.3, 0.4) is 0 Å². The Labute approximate surface area is 218 Å². The minimum absolute atomic E-state index is 0.00152. The molecule has 3 rings (SSSR count). The Kier molecular flexibility index (Phi) is 9.39. The van der Waals surface area contributed by atoms with Crippen molar-refractivity contribution >= 4 is 26.0 Å². The Morgan fingerprint density at radius 2 is 2.00 bits per heavy atom. The van der Waals surface area contributed by atoms with Gasteiger partial charge in [-0.2, -0.15) is 4.98 Å². The number of ether oxygens (including phenoxy) is 3. The van der Waals surface area contributed by atoms with Crippen molar-refractivity contribution in [1.29, 1.82) is 0 Å². The van der Waals surface area contributed by atoms with Crippen LogP contribution in [0.4, 0.5) is 10.6 Å². The lowest BCUT2D eigenvalue weighted by atomic mass is 10.2. The Hall–Kier alpha value is -3.58. The second kappa shape index (κ2) is 12.3. The van der Waals surface area contributed by atoms with Gasteiger partial charge < -0.3 is 29.3 Å². The molecular formula is C23H29N4O10P. The molecule has 38 heavy (non-hydrogen) atoms. The van der Waals surface area contributed by atoms with E-state index in [0.717, 1.165) is 0 Å². The number of amides is 1. The smallest absolute Gasteiger partial charge is 0.413 e.